The Morgan fingerprint density at radius 3 is 2.47 bits per heavy atom. The van der Waals surface area contributed by atoms with E-state index in [4.69, 9.17) is 0 Å². The SMILES string of the molecule is CCCNCCCNCCc1cccc(C)c1. The zero-order valence-corrected chi connectivity index (χ0v) is 11.3. The molecule has 0 saturated carbocycles. The van der Waals surface area contributed by atoms with Crippen molar-refractivity contribution >= 4 is 0 Å². The Hall–Kier alpha value is -0.860. The molecule has 0 radical (unpaired) electrons. The Bertz CT molecular complexity index is 297. The molecule has 2 heteroatoms. The van der Waals surface area contributed by atoms with Crippen LogP contribution in [0.1, 0.15) is 30.9 Å². The molecular weight excluding hydrogens is 208 g/mol. The largest absolute Gasteiger partial charge is 0.317 e. The van der Waals surface area contributed by atoms with E-state index >= 15 is 0 Å². The van der Waals surface area contributed by atoms with Gasteiger partial charge in [-0.3, -0.25) is 0 Å². The molecule has 0 aliphatic carbocycles. The Morgan fingerprint density at radius 1 is 1.00 bits per heavy atom. The summed E-state index contributed by atoms with van der Waals surface area (Å²) in [6, 6.07) is 8.76. The average Bonchev–Trinajstić information content (AvgIpc) is 2.33. The molecule has 2 N–H and O–H groups in total. The number of rotatable bonds is 9. The molecule has 17 heavy (non-hydrogen) atoms. The number of hydrogen-bond acceptors (Lipinski definition) is 2. The van der Waals surface area contributed by atoms with Gasteiger partial charge in [0, 0.05) is 0 Å². The number of benzene rings is 1. The molecule has 0 aliphatic rings. The molecule has 0 bridgehead atoms. The summed E-state index contributed by atoms with van der Waals surface area (Å²) in [5, 5.41) is 6.90. The van der Waals surface area contributed by atoms with Crippen molar-refractivity contribution in [3.8, 4) is 0 Å². The van der Waals surface area contributed by atoms with Gasteiger partial charge in [-0.15, -0.1) is 0 Å². The lowest BCUT2D eigenvalue weighted by atomic mass is 10.1. The van der Waals surface area contributed by atoms with E-state index in [9.17, 15) is 0 Å². The van der Waals surface area contributed by atoms with Crippen molar-refractivity contribution in [3.63, 3.8) is 0 Å². The summed E-state index contributed by atoms with van der Waals surface area (Å²) >= 11 is 0. The van der Waals surface area contributed by atoms with Gasteiger partial charge < -0.3 is 10.6 Å². The Kier molecular flexibility index (Phi) is 7.69. The number of nitrogens with one attached hydrogen (secondary N) is 2. The molecule has 1 aromatic rings. The molecule has 2 nitrogen and oxygen atoms in total. The van der Waals surface area contributed by atoms with Gasteiger partial charge in [-0.1, -0.05) is 36.8 Å². The third kappa shape index (κ3) is 7.14. The second kappa shape index (κ2) is 9.20. The van der Waals surface area contributed by atoms with E-state index < -0.39 is 0 Å². The lowest BCUT2D eigenvalue weighted by molar-refractivity contribution is 0.593. The van der Waals surface area contributed by atoms with Gasteiger partial charge in [-0.05, 0) is 57.9 Å². The second-order valence-electron chi connectivity index (χ2n) is 4.59. The van der Waals surface area contributed by atoms with E-state index in [2.05, 4.69) is 48.7 Å². The molecule has 96 valence electrons. The van der Waals surface area contributed by atoms with Crippen molar-refractivity contribution in [1.29, 1.82) is 0 Å². The van der Waals surface area contributed by atoms with Gasteiger partial charge in [0.05, 0.1) is 0 Å². The van der Waals surface area contributed by atoms with Crippen LogP contribution in [0.4, 0.5) is 0 Å². The van der Waals surface area contributed by atoms with Crippen LogP contribution in [-0.4, -0.2) is 26.2 Å². The van der Waals surface area contributed by atoms with Crippen LogP contribution >= 0.6 is 0 Å². The lowest BCUT2D eigenvalue weighted by Crippen LogP contribution is -2.23. The normalized spacial score (nSPS) is 10.7. The Morgan fingerprint density at radius 2 is 1.76 bits per heavy atom. The van der Waals surface area contributed by atoms with Crippen molar-refractivity contribution in [2.45, 2.75) is 33.1 Å². The lowest BCUT2D eigenvalue weighted by Gasteiger charge is -2.06. The van der Waals surface area contributed by atoms with Crippen LogP contribution in [0.15, 0.2) is 24.3 Å². The summed E-state index contributed by atoms with van der Waals surface area (Å²) in [6.07, 6.45) is 3.57. The standard InChI is InChI=1S/C15H26N2/c1-3-9-16-10-5-11-17-12-8-15-7-4-6-14(2)13-15/h4,6-7,13,16-17H,3,5,8-12H2,1-2H3. The fraction of sp³-hybridized carbons (Fsp3) is 0.600. The third-order valence-corrected chi connectivity index (χ3v) is 2.81. The van der Waals surface area contributed by atoms with Crippen molar-refractivity contribution in [1.82, 2.24) is 10.6 Å². The molecule has 0 spiro atoms. The summed E-state index contributed by atoms with van der Waals surface area (Å²) in [4.78, 5) is 0. The maximum atomic E-state index is 3.49. The zero-order valence-electron chi connectivity index (χ0n) is 11.3. The first-order valence-corrected chi connectivity index (χ1v) is 6.80. The zero-order chi connectivity index (χ0) is 12.3. The van der Waals surface area contributed by atoms with Crippen molar-refractivity contribution in [3.05, 3.63) is 35.4 Å². The van der Waals surface area contributed by atoms with Gasteiger partial charge in [0.1, 0.15) is 0 Å². The highest BCUT2D eigenvalue weighted by Gasteiger charge is 1.93. The van der Waals surface area contributed by atoms with Crippen LogP contribution in [-0.2, 0) is 6.42 Å². The topological polar surface area (TPSA) is 24.1 Å². The molecule has 1 rings (SSSR count). The highest BCUT2D eigenvalue weighted by atomic mass is 14.9. The van der Waals surface area contributed by atoms with E-state index in [1.165, 1.54) is 24.0 Å². The summed E-state index contributed by atoms with van der Waals surface area (Å²) in [5.41, 5.74) is 2.79. The summed E-state index contributed by atoms with van der Waals surface area (Å²) in [5.74, 6) is 0. The summed E-state index contributed by atoms with van der Waals surface area (Å²) in [6.45, 7) is 8.82. The molecule has 0 fully saturated rings. The predicted octanol–water partition coefficient (Wildman–Crippen LogP) is 2.52. The van der Waals surface area contributed by atoms with Crippen LogP contribution in [0.5, 0.6) is 0 Å². The van der Waals surface area contributed by atoms with Crippen LogP contribution in [0.25, 0.3) is 0 Å². The molecular formula is C15H26N2. The monoisotopic (exact) mass is 234 g/mol. The smallest absolute Gasteiger partial charge is 0.000834 e. The third-order valence-electron chi connectivity index (χ3n) is 2.81. The fourth-order valence-corrected chi connectivity index (χ4v) is 1.87. The van der Waals surface area contributed by atoms with E-state index in [0.29, 0.717) is 0 Å². The molecule has 0 atom stereocenters. The van der Waals surface area contributed by atoms with E-state index in [1.807, 2.05) is 0 Å². The van der Waals surface area contributed by atoms with Crippen LogP contribution in [0.2, 0.25) is 0 Å². The first-order chi connectivity index (χ1) is 8.33. The minimum atomic E-state index is 1.08. The molecule has 0 aromatic heterocycles. The maximum absolute atomic E-state index is 3.49. The predicted molar refractivity (Wildman–Crippen MR) is 75.5 cm³/mol. The molecule has 0 aliphatic heterocycles. The number of hydrogen-bond donors (Lipinski definition) is 2. The molecule has 0 heterocycles. The second-order valence-corrected chi connectivity index (χ2v) is 4.59. The fourth-order valence-electron chi connectivity index (χ4n) is 1.87. The van der Waals surface area contributed by atoms with Crippen molar-refractivity contribution in [2.75, 3.05) is 26.2 Å². The molecule has 0 amide bonds. The van der Waals surface area contributed by atoms with Gasteiger partial charge in [-0.25, -0.2) is 0 Å². The first-order valence-electron chi connectivity index (χ1n) is 6.80. The van der Waals surface area contributed by atoms with Crippen molar-refractivity contribution in [2.24, 2.45) is 0 Å². The van der Waals surface area contributed by atoms with Crippen LogP contribution in [0.3, 0.4) is 0 Å². The highest BCUT2D eigenvalue weighted by molar-refractivity contribution is 5.22. The van der Waals surface area contributed by atoms with Crippen LogP contribution in [0, 0.1) is 6.92 Å². The van der Waals surface area contributed by atoms with Gasteiger partial charge in [-0.2, -0.15) is 0 Å². The maximum Gasteiger partial charge on any atom is -0.000834 e. The first kappa shape index (κ1) is 14.2. The highest BCUT2D eigenvalue weighted by Crippen LogP contribution is 2.03. The van der Waals surface area contributed by atoms with E-state index in [0.717, 1.165) is 32.6 Å². The average molecular weight is 234 g/mol. The molecule has 0 unspecified atom stereocenters. The van der Waals surface area contributed by atoms with E-state index in [-0.39, 0.29) is 0 Å². The Labute approximate surface area is 106 Å². The minimum Gasteiger partial charge on any atom is -0.317 e. The summed E-state index contributed by atoms with van der Waals surface area (Å²) in [7, 11) is 0. The van der Waals surface area contributed by atoms with Gasteiger partial charge in [0.25, 0.3) is 0 Å². The summed E-state index contributed by atoms with van der Waals surface area (Å²) < 4.78 is 0. The minimum absolute atomic E-state index is 1.08. The van der Waals surface area contributed by atoms with Gasteiger partial charge in [0.2, 0.25) is 0 Å². The molecule has 1 aromatic carbocycles. The van der Waals surface area contributed by atoms with Crippen molar-refractivity contribution < 1.29 is 0 Å². The van der Waals surface area contributed by atoms with E-state index in [1.54, 1.807) is 0 Å². The van der Waals surface area contributed by atoms with Gasteiger partial charge in [0.15, 0.2) is 0 Å². The van der Waals surface area contributed by atoms with Crippen LogP contribution < -0.4 is 10.6 Å². The van der Waals surface area contributed by atoms with Gasteiger partial charge >= 0.3 is 0 Å². The quantitative estimate of drug-likeness (QED) is 0.642. The Balaban J connectivity index is 1.97. The number of aryl methyl sites for hydroxylation is 1. The molecule has 0 saturated heterocycles.